The molecule has 0 amide bonds. The zero-order valence-electron chi connectivity index (χ0n) is 16.3. The normalized spacial score (nSPS) is 23.5. The number of hydrogen-bond acceptors (Lipinski definition) is 7. The van der Waals surface area contributed by atoms with Crippen molar-refractivity contribution >= 4 is 23.2 Å². The third kappa shape index (κ3) is 4.21. The summed E-state index contributed by atoms with van der Waals surface area (Å²) in [5.74, 6) is -0.0746. The lowest BCUT2D eigenvalue weighted by molar-refractivity contribution is 0.0210. The molecule has 1 aliphatic rings. The molecule has 0 spiro atoms. The summed E-state index contributed by atoms with van der Waals surface area (Å²) in [4.78, 5) is 21.2. The number of aliphatic hydroxyl groups is 2. The fourth-order valence-electron chi connectivity index (χ4n) is 3.72. The quantitative estimate of drug-likeness (QED) is 0.516. The molecule has 0 unspecified atom stereocenters. The third-order valence-electron chi connectivity index (χ3n) is 5.36. The van der Waals surface area contributed by atoms with E-state index in [4.69, 9.17) is 11.6 Å². The van der Waals surface area contributed by atoms with E-state index in [1.54, 1.807) is 23.0 Å². The maximum Gasteiger partial charge on any atom is 0.218 e. The first-order chi connectivity index (χ1) is 14.4. The minimum absolute atomic E-state index is 0.0549. The number of aliphatic hydroxyl groups excluding tert-OH is 2. The molecule has 0 aliphatic heterocycles. The van der Waals surface area contributed by atoms with E-state index in [1.165, 1.54) is 12.5 Å². The fourth-order valence-corrected chi connectivity index (χ4v) is 3.93. The van der Waals surface area contributed by atoms with Crippen molar-refractivity contribution < 1.29 is 15.0 Å². The Morgan fingerprint density at radius 3 is 2.87 bits per heavy atom. The standard InChI is InChI=1S/C21H22ClN5O3/c1-12-7-17(20(30)18(12)28)25-21-15(9-23-11-24-21)19(29)16-5-6-27(26-16)10-13-3-2-4-14(22)8-13/h2-6,8-9,11-12,17-18,20,28,30H,7,10H2,1H3,(H,23,24,25)/t12-,17-,18-,20+/m1/s1. The SMILES string of the molecule is C[C@@H]1C[C@@H](Nc2ncncc2C(=O)c2ccn(Cc3cccc(Cl)c3)n2)[C@H](O)[C@@H]1O. The van der Waals surface area contributed by atoms with E-state index in [-0.39, 0.29) is 23.0 Å². The van der Waals surface area contributed by atoms with Crippen LogP contribution in [0.15, 0.2) is 49.1 Å². The molecule has 2 aromatic heterocycles. The molecule has 4 rings (SSSR count). The number of aromatic nitrogens is 4. The monoisotopic (exact) mass is 427 g/mol. The molecular weight excluding hydrogens is 406 g/mol. The van der Waals surface area contributed by atoms with E-state index in [0.29, 0.717) is 23.8 Å². The first kappa shape index (κ1) is 20.5. The molecule has 3 aromatic rings. The van der Waals surface area contributed by atoms with E-state index < -0.39 is 18.2 Å². The average molecular weight is 428 g/mol. The Balaban J connectivity index is 1.52. The molecular formula is C21H22ClN5O3. The second kappa shape index (κ2) is 8.51. The summed E-state index contributed by atoms with van der Waals surface area (Å²) in [6, 6.07) is 8.68. The highest BCUT2D eigenvalue weighted by Gasteiger charge is 2.39. The van der Waals surface area contributed by atoms with Crippen LogP contribution in [0.5, 0.6) is 0 Å². The van der Waals surface area contributed by atoms with Gasteiger partial charge in [-0.1, -0.05) is 30.7 Å². The van der Waals surface area contributed by atoms with Crippen molar-refractivity contribution in [1.29, 1.82) is 0 Å². The molecule has 156 valence electrons. The van der Waals surface area contributed by atoms with Gasteiger partial charge in [-0.3, -0.25) is 9.48 Å². The first-order valence-corrected chi connectivity index (χ1v) is 10.1. The van der Waals surface area contributed by atoms with Gasteiger partial charge in [0, 0.05) is 17.4 Å². The molecule has 1 saturated carbocycles. The highest BCUT2D eigenvalue weighted by molar-refractivity contribution is 6.30. The van der Waals surface area contributed by atoms with Gasteiger partial charge >= 0.3 is 0 Å². The van der Waals surface area contributed by atoms with Crippen LogP contribution in [-0.2, 0) is 6.54 Å². The fraction of sp³-hybridized carbons (Fsp3) is 0.333. The molecule has 1 fully saturated rings. The minimum atomic E-state index is -0.935. The van der Waals surface area contributed by atoms with Gasteiger partial charge in [0.2, 0.25) is 5.78 Å². The van der Waals surface area contributed by atoms with Crippen molar-refractivity contribution in [2.24, 2.45) is 5.92 Å². The van der Waals surface area contributed by atoms with Crippen LogP contribution < -0.4 is 5.32 Å². The Morgan fingerprint density at radius 1 is 1.30 bits per heavy atom. The van der Waals surface area contributed by atoms with Gasteiger partial charge in [-0.25, -0.2) is 9.97 Å². The first-order valence-electron chi connectivity index (χ1n) is 9.67. The number of benzene rings is 1. The smallest absolute Gasteiger partial charge is 0.218 e. The van der Waals surface area contributed by atoms with Gasteiger partial charge in [-0.05, 0) is 36.1 Å². The second-order valence-electron chi connectivity index (χ2n) is 7.59. The van der Waals surface area contributed by atoms with Crippen LogP contribution in [0.1, 0.15) is 35.0 Å². The molecule has 0 radical (unpaired) electrons. The Labute approximate surface area is 178 Å². The van der Waals surface area contributed by atoms with Crippen molar-refractivity contribution in [3.63, 3.8) is 0 Å². The van der Waals surface area contributed by atoms with E-state index in [2.05, 4.69) is 20.4 Å². The van der Waals surface area contributed by atoms with E-state index >= 15 is 0 Å². The number of carbonyl (C=O) groups excluding carboxylic acids is 1. The van der Waals surface area contributed by atoms with Crippen LogP contribution >= 0.6 is 11.6 Å². The molecule has 3 N–H and O–H groups in total. The van der Waals surface area contributed by atoms with Crippen molar-refractivity contribution in [1.82, 2.24) is 19.7 Å². The van der Waals surface area contributed by atoms with Crippen LogP contribution in [0.4, 0.5) is 5.82 Å². The van der Waals surface area contributed by atoms with Gasteiger partial charge in [-0.15, -0.1) is 0 Å². The van der Waals surface area contributed by atoms with Crippen molar-refractivity contribution in [3.05, 3.63) is 70.9 Å². The second-order valence-corrected chi connectivity index (χ2v) is 8.02. The van der Waals surface area contributed by atoms with Crippen LogP contribution in [0.25, 0.3) is 0 Å². The van der Waals surface area contributed by atoms with Crippen molar-refractivity contribution in [2.45, 2.75) is 38.1 Å². The lowest BCUT2D eigenvalue weighted by Gasteiger charge is -2.19. The lowest BCUT2D eigenvalue weighted by atomic mass is 10.1. The van der Waals surface area contributed by atoms with Crippen LogP contribution in [0, 0.1) is 5.92 Å². The number of hydrogen-bond donors (Lipinski definition) is 3. The Bertz CT molecular complexity index is 1060. The highest BCUT2D eigenvalue weighted by atomic mass is 35.5. The molecule has 4 atom stereocenters. The summed E-state index contributed by atoms with van der Waals surface area (Å²) in [5.41, 5.74) is 1.49. The van der Waals surface area contributed by atoms with Gasteiger partial charge < -0.3 is 15.5 Å². The van der Waals surface area contributed by atoms with E-state index in [1.807, 2.05) is 25.1 Å². The van der Waals surface area contributed by atoms with Gasteiger partial charge in [-0.2, -0.15) is 5.10 Å². The maximum absolute atomic E-state index is 13.0. The molecule has 30 heavy (non-hydrogen) atoms. The number of ketones is 1. The zero-order chi connectivity index (χ0) is 21.3. The third-order valence-corrected chi connectivity index (χ3v) is 5.59. The molecule has 1 aliphatic carbocycles. The van der Waals surface area contributed by atoms with Crippen LogP contribution in [0.3, 0.4) is 0 Å². The summed E-state index contributed by atoms with van der Waals surface area (Å²) >= 11 is 6.02. The van der Waals surface area contributed by atoms with Gasteiger partial charge in [0.25, 0.3) is 0 Å². The molecule has 0 saturated heterocycles. The molecule has 0 bridgehead atoms. The molecule has 8 nitrogen and oxygen atoms in total. The Morgan fingerprint density at radius 2 is 2.13 bits per heavy atom. The number of nitrogens with zero attached hydrogens (tertiary/aromatic N) is 4. The Kier molecular flexibility index (Phi) is 5.80. The zero-order valence-corrected chi connectivity index (χ0v) is 17.1. The van der Waals surface area contributed by atoms with Gasteiger partial charge in [0.05, 0.1) is 24.3 Å². The number of nitrogens with one attached hydrogen (secondary N) is 1. The highest BCUT2D eigenvalue weighted by Crippen LogP contribution is 2.29. The summed E-state index contributed by atoms with van der Waals surface area (Å²) in [6.07, 6.45) is 3.30. The topological polar surface area (TPSA) is 113 Å². The van der Waals surface area contributed by atoms with Gasteiger partial charge in [0.1, 0.15) is 23.9 Å². The summed E-state index contributed by atoms with van der Waals surface area (Å²) in [6.45, 7) is 2.35. The predicted octanol–water partition coefficient (Wildman–Crippen LogP) is 2.15. The summed E-state index contributed by atoms with van der Waals surface area (Å²) < 4.78 is 1.66. The predicted molar refractivity (Wildman–Crippen MR) is 111 cm³/mol. The Hall–Kier alpha value is -2.81. The van der Waals surface area contributed by atoms with E-state index in [9.17, 15) is 15.0 Å². The van der Waals surface area contributed by atoms with E-state index in [0.717, 1.165) is 5.56 Å². The molecule has 1 aromatic carbocycles. The van der Waals surface area contributed by atoms with Crippen LogP contribution in [0.2, 0.25) is 5.02 Å². The average Bonchev–Trinajstić information content (AvgIpc) is 3.29. The van der Waals surface area contributed by atoms with Gasteiger partial charge in [0.15, 0.2) is 0 Å². The summed E-state index contributed by atoms with van der Waals surface area (Å²) in [7, 11) is 0. The van der Waals surface area contributed by atoms with Crippen molar-refractivity contribution in [2.75, 3.05) is 5.32 Å². The number of halogens is 1. The molecule has 2 heterocycles. The largest absolute Gasteiger partial charge is 0.390 e. The lowest BCUT2D eigenvalue weighted by Crippen LogP contribution is -2.35. The van der Waals surface area contributed by atoms with Crippen LogP contribution in [-0.4, -0.2) is 54.0 Å². The molecule has 9 heteroatoms. The number of anilines is 1. The maximum atomic E-state index is 13.0. The number of rotatable bonds is 6. The summed E-state index contributed by atoms with van der Waals surface area (Å²) in [5, 5.41) is 28.3. The minimum Gasteiger partial charge on any atom is -0.390 e. The number of carbonyl (C=O) groups is 1. The van der Waals surface area contributed by atoms with Crippen molar-refractivity contribution in [3.8, 4) is 0 Å².